The number of hydrogen-bond donors (Lipinski definition) is 1. The Morgan fingerprint density at radius 1 is 1.18 bits per heavy atom. The summed E-state index contributed by atoms with van der Waals surface area (Å²) >= 11 is 0. The second kappa shape index (κ2) is 6.21. The minimum atomic E-state index is -4.49. The van der Waals surface area contributed by atoms with Gasteiger partial charge in [-0.3, -0.25) is 0 Å². The molecule has 0 aliphatic heterocycles. The number of rotatable bonds is 4. The molecule has 0 spiro atoms. The predicted molar refractivity (Wildman–Crippen MR) is 80.3 cm³/mol. The fraction of sp³-hybridized carbons (Fsp3) is 0.333. The minimum absolute atomic E-state index is 0.0841. The zero-order chi connectivity index (χ0) is 16.3. The lowest BCUT2D eigenvalue weighted by molar-refractivity contribution is -0.141. The van der Waals surface area contributed by atoms with E-state index in [-0.39, 0.29) is 5.95 Å². The van der Waals surface area contributed by atoms with E-state index in [1.54, 1.807) is 6.07 Å². The second-order valence-electron chi connectivity index (χ2n) is 5.14. The third-order valence-corrected chi connectivity index (χ3v) is 3.23. The third kappa shape index (κ3) is 3.87. The molecule has 118 valence electrons. The fourth-order valence-corrected chi connectivity index (χ4v) is 1.81. The van der Waals surface area contributed by atoms with Gasteiger partial charge in [0, 0.05) is 30.7 Å². The number of anilines is 3. The molecule has 2 rings (SSSR count). The first-order valence-corrected chi connectivity index (χ1v) is 6.77. The summed E-state index contributed by atoms with van der Waals surface area (Å²) in [6, 6.07) is 8.49. The third-order valence-electron chi connectivity index (χ3n) is 3.23. The summed E-state index contributed by atoms with van der Waals surface area (Å²) in [4.78, 5) is 9.36. The molecule has 2 aromatic rings. The summed E-state index contributed by atoms with van der Waals surface area (Å²) in [5.74, 6) is -0.0841. The standard InChI is InChI=1S/C15H17F3N4/c1-10(2)22(3)12-6-4-5-11(9-12)20-14-19-8-7-13(21-14)15(16,17)18/h4-10H,1-3H3,(H,19,20,21). The Morgan fingerprint density at radius 2 is 1.91 bits per heavy atom. The Morgan fingerprint density at radius 3 is 2.55 bits per heavy atom. The summed E-state index contributed by atoms with van der Waals surface area (Å²) in [6.07, 6.45) is -3.40. The number of halogens is 3. The van der Waals surface area contributed by atoms with Crippen LogP contribution in [0.2, 0.25) is 0 Å². The second-order valence-corrected chi connectivity index (χ2v) is 5.14. The van der Waals surface area contributed by atoms with Crippen molar-refractivity contribution >= 4 is 17.3 Å². The lowest BCUT2D eigenvalue weighted by atomic mass is 10.2. The van der Waals surface area contributed by atoms with E-state index in [9.17, 15) is 13.2 Å². The molecule has 1 aromatic carbocycles. The van der Waals surface area contributed by atoms with Gasteiger partial charge < -0.3 is 10.2 Å². The van der Waals surface area contributed by atoms with Crippen LogP contribution in [0.25, 0.3) is 0 Å². The molecule has 0 aliphatic carbocycles. The first-order chi connectivity index (χ1) is 10.3. The van der Waals surface area contributed by atoms with Crippen LogP contribution < -0.4 is 10.2 Å². The van der Waals surface area contributed by atoms with Gasteiger partial charge in [-0.15, -0.1) is 0 Å². The van der Waals surface area contributed by atoms with E-state index in [0.29, 0.717) is 11.7 Å². The van der Waals surface area contributed by atoms with Crippen molar-refractivity contribution in [1.29, 1.82) is 0 Å². The topological polar surface area (TPSA) is 41.0 Å². The van der Waals surface area contributed by atoms with E-state index in [1.165, 1.54) is 0 Å². The summed E-state index contributed by atoms with van der Waals surface area (Å²) in [6.45, 7) is 4.10. The van der Waals surface area contributed by atoms with Gasteiger partial charge in [0.05, 0.1) is 0 Å². The zero-order valence-corrected chi connectivity index (χ0v) is 12.5. The summed E-state index contributed by atoms with van der Waals surface area (Å²) in [5, 5.41) is 2.80. The maximum atomic E-state index is 12.6. The van der Waals surface area contributed by atoms with Crippen LogP contribution in [0.3, 0.4) is 0 Å². The molecule has 22 heavy (non-hydrogen) atoms. The van der Waals surface area contributed by atoms with Crippen LogP contribution in [0.5, 0.6) is 0 Å². The van der Waals surface area contributed by atoms with Crippen molar-refractivity contribution in [3.05, 3.63) is 42.2 Å². The SMILES string of the molecule is CC(C)N(C)c1cccc(Nc2nccc(C(F)(F)F)n2)c1. The number of nitrogens with zero attached hydrogens (tertiary/aromatic N) is 3. The highest BCUT2D eigenvalue weighted by Gasteiger charge is 2.32. The van der Waals surface area contributed by atoms with E-state index in [4.69, 9.17) is 0 Å². The highest BCUT2D eigenvalue weighted by Crippen LogP contribution is 2.28. The zero-order valence-electron chi connectivity index (χ0n) is 12.5. The van der Waals surface area contributed by atoms with Crippen molar-refractivity contribution < 1.29 is 13.2 Å². The highest BCUT2D eigenvalue weighted by atomic mass is 19.4. The number of hydrogen-bond acceptors (Lipinski definition) is 4. The summed E-state index contributed by atoms with van der Waals surface area (Å²) in [5.41, 5.74) is 0.608. The molecule has 0 saturated heterocycles. The first-order valence-electron chi connectivity index (χ1n) is 6.77. The Kier molecular flexibility index (Phi) is 4.54. The van der Waals surface area contributed by atoms with E-state index in [1.807, 2.05) is 25.2 Å². The molecule has 0 radical (unpaired) electrons. The molecule has 0 saturated carbocycles. The van der Waals surface area contributed by atoms with Crippen LogP contribution in [0.1, 0.15) is 19.5 Å². The van der Waals surface area contributed by atoms with E-state index in [2.05, 4.69) is 34.0 Å². The summed E-state index contributed by atoms with van der Waals surface area (Å²) in [7, 11) is 1.95. The van der Waals surface area contributed by atoms with Crippen LogP contribution in [0.4, 0.5) is 30.5 Å². The van der Waals surface area contributed by atoms with E-state index < -0.39 is 11.9 Å². The Labute approximate surface area is 127 Å². The van der Waals surface area contributed by atoms with Gasteiger partial charge in [-0.2, -0.15) is 13.2 Å². The largest absolute Gasteiger partial charge is 0.433 e. The predicted octanol–water partition coefficient (Wildman–Crippen LogP) is 4.08. The molecular weight excluding hydrogens is 293 g/mol. The molecule has 1 N–H and O–H groups in total. The van der Waals surface area contributed by atoms with Crippen molar-refractivity contribution in [1.82, 2.24) is 9.97 Å². The van der Waals surface area contributed by atoms with Gasteiger partial charge in [-0.1, -0.05) is 6.07 Å². The number of benzene rings is 1. The van der Waals surface area contributed by atoms with Crippen LogP contribution in [-0.4, -0.2) is 23.1 Å². The highest BCUT2D eigenvalue weighted by molar-refractivity contribution is 5.62. The van der Waals surface area contributed by atoms with Gasteiger partial charge in [0.25, 0.3) is 0 Å². The average molecular weight is 310 g/mol. The maximum absolute atomic E-state index is 12.6. The molecule has 0 atom stereocenters. The van der Waals surface area contributed by atoms with Gasteiger partial charge >= 0.3 is 6.18 Å². The van der Waals surface area contributed by atoms with Crippen molar-refractivity contribution in [3.63, 3.8) is 0 Å². The Balaban J connectivity index is 2.23. The smallest absolute Gasteiger partial charge is 0.372 e. The Bertz CT molecular complexity index is 641. The molecule has 0 bridgehead atoms. The van der Waals surface area contributed by atoms with Crippen molar-refractivity contribution in [2.75, 3.05) is 17.3 Å². The molecule has 0 unspecified atom stereocenters. The number of aromatic nitrogens is 2. The summed E-state index contributed by atoms with van der Waals surface area (Å²) < 4.78 is 37.9. The molecular formula is C15H17F3N4. The molecule has 0 aliphatic rings. The first kappa shape index (κ1) is 16.1. The lowest BCUT2D eigenvalue weighted by Crippen LogP contribution is -2.25. The van der Waals surface area contributed by atoms with Crippen LogP contribution in [-0.2, 0) is 6.18 Å². The molecule has 0 fully saturated rings. The van der Waals surface area contributed by atoms with Gasteiger partial charge in [0.15, 0.2) is 0 Å². The molecule has 0 amide bonds. The molecule has 1 aromatic heterocycles. The minimum Gasteiger partial charge on any atom is -0.372 e. The van der Waals surface area contributed by atoms with E-state index in [0.717, 1.165) is 18.0 Å². The lowest BCUT2D eigenvalue weighted by Gasteiger charge is -2.24. The normalized spacial score (nSPS) is 11.6. The van der Waals surface area contributed by atoms with Crippen molar-refractivity contribution in [2.24, 2.45) is 0 Å². The monoisotopic (exact) mass is 310 g/mol. The van der Waals surface area contributed by atoms with Gasteiger partial charge in [-0.25, -0.2) is 9.97 Å². The molecule has 4 nitrogen and oxygen atoms in total. The van der Waals surface area contributed by atoms with Gasteiger partial charge in [-0.05, 0) is 38.1 Å². The maximum Gasteiger partial charge on any atom is 0.433 e. The number of nitrogens with one attached hydrogen (secondary N) is 1. The molecule has 7 heteroatoms. The van der Waals surface area contributed by atoms with Gasteiger partial charge in [0.1, 0.15) is 5.69 Å². The van der Waals surface area contributed by atoms with Crippen LogP contribution in [0, 0.1) is 0 Å². The Hall–Kier alpha value is -2.31. The van der Waals surface area contributed by atoms with Crippen LogP contribution >= 0.6 is 0 Å². The average Bonchev–Trinajstić information content (AvgIpc) is 2.46. The van der Waals surface area contributed by atoms with Crippen molar-refractivity contribution in [2.45, 2.75) is 26.1 Å². The molecule has 1 heterocycles. The van der Waals surface area contributed by atoms with Gasteiger partial charge in [0.2, 0.25) is 5.95 Å². The van der Waals surface area contributed by atoms with Crippen molar-refractivity contribution in [3.8, 4) is 0 Å². The van der Waals surface area contributed by atoms with E-state index >= 15 is 0 Å². The van der Waals surface area contributed by atoms with Crippen LogP contribution in [0.15, 0.2) is 36.5 Å². The number of alkyl halides is 3. The fourth-order valence-electron chi connectivity index (χ4n) is 1.81. The quantitative estimate of drug-likeness (QED) is 0.923.